The molecule has 1 heterocycles. The van der Waals surface area contributed by atoms with E-state index in [1.54, 1.807) is 0 Å². The first-order valence-electron chi connectivity index (χ1n) is 6.87. The number of hydrogen-bond acceptors (Lipinski definition) is 2. The second-order valence-corrected chi connectivity index (χ2v) is 5.42. The highest BCUT2D eigenvalue weighted by Gasteiger charge is 2.15. The molecule has 0 bridgehead atoms. The van der Waals surface area contributed by atoms with Gasteiger partial charge in [0.25, 0.3) is 0 Å². The van der Waals surface area contributed by atoms with Crippen molar-refractivity contribution < 1.29 is 0 Å². The van der Waals surface area contributed by atoms with Crippen molar-refractivity contribution in [3.05, 3.63) is 59.2 Å². The molecule has 0 fully saturated rings. The molecule has 1 atom stereocenters. The molecule has 20 heavy (non-hydrogen) atoms. The Balaban J connectivity index is 2.15. The fourth-order valence-corrected chi connectivity index (χ4v) is 2.62. The van der Waals surface area contributed by atoms with E-state index in [0.717, 1.165) is 11.0 Å². The van der Waals surface area contributed by atoms with Crippen LogP contribution in [-0.2, 0) is 0 Å². The van der Waals surface area contributed by atoms with Crippen LogP contribution in [0.2, 0.25) is 0 Å². The van der Waals surface area contributed by atoms with Crippen molar-refractivity contribution in [3.8, 4) is 0 Å². The monoisotopic (exact) mass is 265 g/mol. The maximum Gasteiger partial charge on any atom is 0.201 e. The van der Waals surface area contributed by atoms with Crippen LogP contribution in [0.25, 0.3) is 11.0 Å². The highest BCUT2D eigenvalue weighted by atomic mass is 15.2. The SMILES string of the molecule is Cc1ccc(C(C)n2c(N)nc3ccc(C)cc32)cc1. The molecule has 1 unspecified atom stereocenters. The number of anilines is 1. The lowest BCUT2D eigenvalue weighted by Gasteiger charge is -2.17. The zero-order valence-corrected chi connectivity index (χ0v) is 12.1. The molecule has 0 aliphatic rings. The summed E-state index contributed by atoms with van der Waals surface area (Å²) < 4.78 is 2.10. The summed E-state index contributed by atoms with van der Waals surface area (Å²) in [5.41, 5.74) is 11.9. The summed E-state index contributed by atoms with van der Waals surface area (Å²) in [6, 6.07) is 15.0. The molecule has 0 amide bonds. The van der Waals surface area contributed by atoms with Crippen molar-refractivity contribution in [1.82, 2.24) is 9.55 Å². The number of imidazole rings is 1. The maximum atomic E-state index is 6.12. The molecule has 0 saturated heterocycles. The number of benzene rings is 2. The van der Waals surface area contributed by atoms with E-state index in [0.29, 0.717) is 5.95 Å². The summed E-state index contributed by atoms with van der Waals surface area (Å²) in [7, 11) is 0. The Morgan fingerprint density at radius 2 is 1.65 bits per heavy atom. The van der Waals surface area contributed by atoms with Gasteiger partial charge in [-0.05, 0) is 44.0 Å². The van der Waals surface area contributed by atoms with Crippen LogP contribution in [0.15, 0.2) is 42.5 Å². The number of nitrogens with two attached hydrogens (primary N) is 1. The van der Waals surface area contributed by atoms with Gasteiger partial charge >= 0.3 is 0 Å². The van der Waals surface area contributed by atoms with Crippen LogP contribution in [0.5, 0.6) is 0 Å². The Kier molecular flexibility index (Phi) is 2.97. The van der Waals surface area contributed by atoms with E-state index in [4.69, 9.17) is 5.73 Å². The van der Waals surface area contributed by atoms with Crippen molar-refractivity contribution in [2.45, 2.75) is 26.8 Å². The highest BCUT2D eigenvalue weighted by molar-refractivity contribution is 5.79. The third-order valence-electron chi connectivity index (χ3n) is 3.82. The van der Waals surface area contributed by atoms with E-state index < -0.39 is 0 Å². The molecular formula is C17H19N3. The molecule has 0 aliphatic carbocycles. The number of nitrogens with zero attached hydrogens (tertiary/aromatic N) is 2. The third kappa shape index (κ3) is 2.05. The highest BCUT2D eigenvalue weighted by Crippen LogP contribution is 2.27. The first-order valence-corrected chi connectivity index (χ1v) is 6.87. The number of aryl methyl sites for hydroxylation is 2. The largest absolute Gasteiger partial charge is 0.369 e. The van der Waals surface area contributed by atoms with Gasteiger partial charge in [0.05, 0.1) is 17.1 Å². The van der Waals surface area contributed by atoms with Gasteiger partial charge in [-0.2, -0.15) is 0 Å². The topological polar surface area (TPSA) is 43.8 Å². The minimum atomic E-state index is 0.169. The minimum Gasteiger partial charge on any atom is -0.369 e. The summed E-state index contributed by atoms with van der Waals surface area (Å²) in [5.74, 6) is 0.568. The van der Waals surface area contributed by atoms with Crippen molar-refractivity contribution >= 4 is 17.0 Å². The molecule has 3 aromatic rings. The average Bonchev–Trinajstić information content (AvgIpc) is 2.74. The Morgan fingerprint density at radius 3 is 2.35 bits per heavy atom. The Morgan fingerprint density at radius 1 is 1.00 bits per heavy atom. The van der Waals surface area contributed by atoms with Gasteiger partial charge in [-0.3, -0.25) is 0 Å². The number of hydrogen-bond donors (Lipinski definition) is 1. The molecule has 2 N–H and O–H groups in total. The van der Waals surface area contributed by atoms with Gasteiger partial charge in [-0.15, -0.1) is 0 Å². The molecule has 2 aromatic carbocycles. The lowest BCUT2D eigenvalue weighted by atomic mass is 10.1. The van der Waals surface area contributed by atoms with Gasteiger partial charge in [0.1, 0.15) is 0 Å². The molecule has 0 spiro atoms. The Hall–Kier alpha value is -2.29. The Bertz CT molecular complexity index is 754. The van der Waals surface area contributed by atoms with Crippen LogP contribution in [0.4, 0.5) is 5.95 Å². The summed E-state index contributed by atoms with van der Waals surface area (Å²) in [5, 5.41) is 0. The quantitative estimate of drug-likeness (QED) is 0.765. The van der Waals surface area contributed by atoms with Crippen molar-refractivity contribution in [3.63, 3.8) is 0 Å². The van der Waals surface area contributed by atoms with E-state index in [1.807, 2.05) is 6.07 Å². The van der Waals surface area contributed by atoms with E-state index >= 15 is 0 Å². The number of rotatable bonds is 2. The zero-order valence-electron chi connectivity index (χ0n) is 12.1. The van der Waals surface area contributed by atoms with Crippen LogP contribution in [0.3, 0.4) is 0 Å². The molecule has 3 heteroatoms. The average molecular weight is 265 g/mol. The van der Waals surface area contributed by atoms with E-state index in [2.05, 4.69) is 66.7 Å². The van der Waals surface area contributed by atoms with Crippen molar-refractivity contribution in [2.24, 2.45) is 0 Å². The lowest BCUT2D eigenvalue weighted by Crippen LogP contribution is -2.10. The second kappa shape index (κ2) is 4.67. The van der Waals surface area contributed by atoms with Crippen LogP contribution in [0.1, 0.15) is 29.7 Å². The van der Waals surface area contributed by atoms with Crippen LogP contribution in [-0.4, -0.2) is 9.55 Å². The van der Waals surface area contributed by atoms with Gasteiger partial charge in [-0.25, -0.2) is 4.98 Å². The summed E-state index contributed by atoms with van der Waals surface area (Å²) >= 11 is 0. The van der Waals surface area contributed by atoms with Gasteiger partial charge in [0, 0.05) is 0 Å². The third-order valence-corrected chi connectivity index (χ3v) is 3.82. The standard InChI is InChI=1S/C17H19N3/c1-11-4-7-14(8-5-11)13(3)20-16-10-12(2)6-9-15(16)19-17(20)18/h4-10,13H,1-3H3,(H2,18,19). The lowest BCUT2D eigenvalue weighted by molar-refractivity contribution is 0.667. The van der Waals surface area contributed by atoms with Gasteiger partial charge in [0.2, 0.25) is 5.95 Å². The fraction of sp³-hybridized carbons (Fsp3) is 0.235. The molecule has 0 radical (unpaired) electrons. The molecular weight excluding hydrogens is 246 g/mol. The fourth-order valence-electron chi connectivity index (χ4n) is 2.62. The van der Waals surface area contributed by atoms with Gasteiger partial charge in [0.15, 0.2) is 0 Å². The normalized spacial score (nSPS) is 12.8. The first-order chi connectivity index (χ1) is 9.56. The Labute approximate surface area is 119 Å². The predicted octanol–water partition coefficient (Wildman–Crippen LogP) is 3.84. The van der Waals surface area contributed by atoms with E-state index in [-0.39, 0.29) is 6.04 Å². The van der Waals surface area contributed by atoms with Crippen LogP contribution < -0.4 is 5.73 Å². The number of nitrogen functional groups attached to an aromatic ring is 1. The van der Waals surface area contributed by atoms with Crippen LogP contribution >= 0.6 is 0 Å². The number of aromatic nitrogens is 2. The van der Waals surface area contributed by atoms with Gasteiger partial charge in [-0.1, -0.05) is 35.9 Å². The van der Waals surface area contributed by atoms with Crippen LogP contribution in [0, 0.1) is 13.8 Å². The summed E-state index contributed by atoms with van der Waals surface area (Å²) in [6.07, 6.45) is 0. The zero-order chi connectivity index (χ0) is 14.3. The maximum absolute atomic E-state index is 6.12. The van der Waals surface area contributed by atoms with Crippen molar-refractivity contribution in [2.75, 3.05) is 5.73 Å². The van der Waals surface area contributed by atoms with Crippen molar-refractivity contribution in [1.29, 1.82) is 0 Å². The van der Waals surface area contributed by atoms with Gasteiger partial charge < -0.3 is 10.3 Å². The summed E-state index contributed by atoms with van der Waals surface area (Å²) in [6.45, 7) is 6.34. The predicted molar refractivity (Wildman–Crippen MR) is 83.9 cm³/mol. The van der Waals surface area contributed by atoms with E-state index in [1.165, 1.54) is 16.7 Å². The molecule has 3 nitrogen and oxygen atoms in total. The summed E-state index contributed by atoms with van der Waals surface area (Å²) in [4.78, 5) is 4.46. The molecule has 3 rings (SSSR count). The number of fused-ring (bicyclic) bond motifs is 1. The van der Waals surface area contributed by atoms with E-state index in [9.17, 15) is 0 Å². The molecule has 102 valence electrons. The smallest absolute Gasteiger partial charge is 0.201 e. The second-order valence-electron chi connectivity index (χ2n) is 5.42. The molecule has 1 aromatic heterocycles. The minimum absolute atomic E-state index is 0.169. The molecule has 0 aliphatic heterocycles. The first kappa shape index (κ1) is 12.7. The molecule has 0 saturated carbocycles.